The molecule has 0 aromatic rings. The van der Waals surface area contributed by atoms with E-state index in [9.17, 15) is 0 Å². The number of hydrogen-bond donors (Lipinski definition) is 0. The topological polar surface area (TPSA) is 9.23 Å². The fraction of sp³-hybridized carbons (Fsp3) is 0.875. The van der Waals surface area contributed by atoms with E-state index in [-0.39, 0.29) is 10.6 Å². The first-order valence-electron chi connectivity index (χ1n) is 7.30. The Morgan fingerprint density at radius 3 is 1.94 bits per heavy atom. The van der Waals surface area contributed by atoms with E-state index in [0.717, 1.165) is 0 Å². The Balaban J connectivity index is 2.86. The second kappa shape index (κ2) is 5.39. The standard InChI is InChI=1S/C16H30OSi/c1-8-16(5,14-12-10-9-11-13-14)17-18(6,7)15(2,3)4/h1,14H,9-13H2,2-7H3/t16-/m1/s1. The van der Waals surface area contributed by atoms with E-state index in [1.54, 1.807) is 0 Å². The van der Waals surface area contributed by atoms with Gasteiger partial charge in [0.1, 0.15) is 5.60 Å². The van der Waals surface area contributed by atoms with Crippen LogP contribution in [-0.2, 0) is 4.43 Å². The predicted octanol–water partition coefficient (Wildman–Crippen LogP) is 4.98. The summed E-state index contributed by atoms with van der Waals surface area (Å²) < 4.78 is 6.58. The monoisotopic (exact) mass is 266 g/mol. The summed E-state index contributed by atoms with van der Waals surface area (Å²) in [5.41, 5.74) is -0.358. The van der Waals surface area contributed by atoms with E-state index in [0.29, 0.717) is 5.92 Å². The third kappa shape index (κ3) is 3.39. The molecule has 0 spiro atoms. The molecule has 18 heavy (non-hydrogen) atoms. The first kappa shape index (κ1) is 15.8. The van der Waals surface area contributed by atoms with Gasteiger partial charge in [-0.1, -0.05) is 46.0 Å². The summed E-state index contributed by atoms with van der Waals surface area (Å²) in [5, 5.41) is 0.222. The van der Waals surface area contributed by atoms with Gasteiger partial charge in [-0.25, -0.2) is 0 Å². The molecular formula is C16H30OSi. The quantitative estimate of drug-likeness (QED) is 0.517. The van der Waals surface area contributed by atoms with Crippen LogP contribution in [0.5, 0.6) is 0 Å². The smallest absolute Gasteiger partial charge is 0.194 e. The van der Waals surface area contributed by atoms with Gasteiger partial charge in [0.2, 0.25) is 0 Å². The first-order chi connectivity index (χ1) is 8.12. The van der Waals surface area contributed by atoms with Crippen LogP contribution in [0.1, 0.15) is 59.8 Å². The minimum Gasteiger partial charge on any atom is -0.401 e. The van der Waals surface area contributed by atoms with E-state index >= 15 is 0 Å². The van der Waals surface area contributed by atoms with E-state index in [1.165, 1.54) is 32.1 Å². The molecule has 104 valence electrons. The zero-order chi connectivity index (χ0) is 14.0. The highest BCUT2D eigenvalue weighted by Crippen LogP contribution is 2.43. The molecular weight excluding hydrogens is 236 g/mol. The third-order valence-electron chi connectivity index (χ3n) is 4.94. The molecule has 0 saturated heterocycles. The second-order valence-corrected chi connectivity index (χ2v) is 12.2. The molecule has 1 rings (SSSR count). The van der Waals surface area contributed by atoms with Crippen molar-refractivity contribution in [2.45, 2.75) is 83.5 Å². The first-order valence-corrected chi connectivity index (χ1v) is 10.2. The average molecular weight is 267 g/mol. The summed E-state index contributed by atoms with van der Waals surface area (Å²) in [6.45, 7) is 13.6. The molecule has 1 nitrogen and oxygen atoms in total. The lowest BCUT2D eigenvalue weighted by Gasteiger charge is -2.46. The van der Waals surface area contributed by atoms with Gasteiger partial charge in [0.15, 0.2) is 8.32 Å². The maximum absolute atomic E-state index is 6.58. The van der Waals surface area contributed by atoms with Crippen molar-refractivity contribution in [2.75, 3.05) is 0 Å². The van der Waals surface area contributed by atoms with Gasteiger partial charge in [0, 0.05) is 0 Å². The van der Waals surface area contributed by atoms with Gasteiger partial charge in [-0.2, -0.15) is 0 Å². The molecule has 0 unspecified atom stereocenters. The third-order valence-corrected chi connectivity index (χ3v) is 9.49. The Kier molecular flexibility index (Phi) is 4.73. The Bertz CT molecular complexity index is 315. The summed E-state index contributed by atoms with van der Waals surface area (Å²) in [5.74, 6) is 3.54. The van der Waals surface area contributed by atoms with Crippen molar-refractivity contribution in [2.24, 2.45) is 5.92 Å². The minimum absolute atomic E-state index is 0.222. The molecule has 0 heterocycles. The molecule has 0 bridgehead atoms. The van der Waals surface area contributed by atoms with Crippen molar-refractivity contribution in [3.63, 3.8) is 0 Å². The molecule has 0 aromatic heterocycles. The highest BCUT2D eigenvalue weighted by molar-refractivity contribution is 6.74. The van der Waals surface area contributed by atoms with Gasteiger partial charge in [0.25, 0.3) is 0 Å². The fourth-order valence-corrected chi connectivity index (χ4v) is 4.16. The molecule has 0 aliphatic heterocycles. The van der Waals surface area contributed by atoms with Crippen LogP contribution in [0.2, 0.25) is 18.1 Å². The summed E-state index contributed by atoms with van der Waals surface area (Å²) in [4.78, 5) is 0. The molecule has 1 saturated carbocycles. The summed E-state index contributed by atoms with van der Waals surface area (Å²) in [7, 11) is -1.79. The lowest BCUT2D eigenvalue weighted by Crippen LogP contribution is -2.51. The summed E-state index contributed by atoms with van der Waals surface area (Å²) >= 11 is 0. The van der Waals surface area contributed by atoms with E-state index in [4.69, 9.17) is 10.8 Å². The van der Waals surface area contributed by atoms with Crippen LogP contribution in [0.15, 0.2) is 0 Å². The van der Waals surface area contributed by atoms with Crippen LogP contribution in [0.25, 0.3) is 0 Å². The van der Waals surface area contributed by atoms with Crippen LogP contribution in [-0.4, -0.2) is 13.9 Å². The Labute approximate surface area is 115 Å². The number of terminal acetylenes is 1. The summed E-state index contributed by atoms with van der Waals surface area (Å²) in [6.07, 6.45) is 12.3. The second-order valence-electron chi connectivity index (χ2n) is 7.45. The van der Waals surface area contributed by atoms with E-state index in [1.807, 2.05) is 0 Å². The molecule has 0 amide bonds. The lowest BCUT2D eigenvalue weighted by molar-refractivity contribution is 0.0476. The molecule has 1 aliphatic rings. The van der Waals surface area contributed by atoms with Crippen molar-refractivity contribution in [3.05, 3.63) is 0 Å². The van der Waals surface area contributed by atoms with Crippen molar-refractivity contribution in [3.8, 4) is 12.3 Å². The molecule has 1 fully saturated rings. The largest absolute Gasteiger partial charge is 0.401 e. The van der Waals surface area contributed by atoms with Crippen molar-refractivity contribution >= 4 is 8.32 Å². The normalized spacial score (nSPS) is 22.3. The molecule has 1 atom stereocenters. The SMILES string of the molecule is C#C[C@@](C)(O[Si](C)(C)C(C)(C)C)C1CCCCC1. The number of rotatable bonds is 3. The zero-order valence-corrected chi connectivity index (χ0v) is 14.1. The van der Waals surface area contributed by atoms with E-state index < -0.39 is 8.32 Å². The van der Waals surface area contributed by atoms with Gasteiger partial charge in [0.05, 0.1) is 0 Å². The molecule has 2 heteroatoms. The number of hydrogen-bond acceptors (Lipinski definition) is 1. The van der Waals surface area contributed by atoms with Gasteiger partial charge in [-0.15, -0.1) is 6.42 Å². The van der Waals surface area contributed by atoms with Gasteiger partial charge < -0.3 is 4.43 Å². The van der Waals surface area contributed by atoms with Crippen LogP contribution in [0.3, 0.4) is 0 Å². The average Bonchev–Trinajstić information content (AvgIpc) is 2.28. The van der Waals surface area contributed by atoms with Crippen LogP contribution in [0, 0.1) is 18.3 Å². The zero-order valence-electron chi connectivity index (χ0n) is 13.1. The molecule has 0 aromatic carbocycles. The maximum Gasteiger partial charge on any atom is 0.194 e. The fourth-order valence-electron chi connectivity index (χ4n) is 2.57. The van der Waals surface area contributed by atoms with Crippen molar-refractivity contribution in [1.29, 1.82) is 0 Å². The molecule has 1 aliphatic carbocycles. The lowest BCUT2D eigenvalue weighted by atomic mass is 9.78. The highest BCUT2D eigenvalue weighted by Gasteiger charge is 2.45. The van der Waals surface area contributed by atoms with Crippen molar-refractivity contribution < 1.29 is 4.43 Å². The van der Waals surface area contributed by atoms with E-state index in [2.05, 4.69) is 46.7 Å². The Hall–Kier alpha value is -0.263. The Morgan fingerprint density at radius 2 is 1.56 bits per heavy atom. The van der Waals surface area contributed by atoms with Crippen LogP contribution in [0.4, 0.5) is 0 Å². The van der Waals surface area contributed by atoms with Gasteiger partial charge in [-0.3, -0.25) is 0 Å². The van der Waals surface area contributed by atoms with Crippen LogP contribution >= 0.6 is 0 Å². The molecule has 0 N–H and O–H groups in total. The van der Waals surface area contributed by atoms with Crippen molar-refractivity contribution in [1.82, 2.24) is 0 Å². The maximum atomic E-state index is 6.58. The Morgan fingerprint density at radius 1 is 1.06 bits per heavy atom. The highest BCUT2D eigenvalue weighted by atomic mass is 28.4. The molecule has 0 radical (unpaired) electrons. The van der Waals surface area contributed by atoms with Gasteiger partial charge >= 0.3 is 0 Å². The van der Waals surface area contributed by atoms with Gasteiger partial charge in [-0.05, 0) is 43.8 Å². The summed E-state index contributed by atoms with van der Waals surface area (Å²) in [6, 6.07) is 0. The predicted molar refractivity (Wildman–Crippen MR) is 82.1 cm³/mol. The van der Waals surface area contributed by atoms with Crippen LogP contribution < -0.4 is 0 Å². The minimum atomic E-state index is -1.79.